The zero-order valence-electron chi connectivity index (χ0n) is 17.3. The highest BCUT2D eigenvalue weighted by Crippen LogP contribution is 2.35. The molecule has 0 aliphatic heterocycles. The van der Waals surface area contributed by atoms with Gasteiger partial charge in [0.1, 0.15) is 16.1 Å². The van der Waals surface area contributed by atoms with Crippen LogP contribution in [0.2, 0.25) is 5.02 Å². The number of imidazole rings is 1. The molecule has 9 heteroatoms. The van der Waals surface area contributed by atoms with Crippen molar-refractivity contribution in [1.82, 2.24) is 9.38 Å². The average Bonchev–Trinajstić information content (AvgIpc) is 3.41. The van der Waals surface area contributed by atoms with E-state index in [0.717, 1.165) is 22.2 Å². The zero-order valence-corrected chi connectivity index (χ0v) is 18.9. The number of aryl methyl sites for hydroxylation is 3. The lowest BCUT2D eigenvalue weighted by Gasteiger charge is -2.03. The zero-order chi connectivity index (χ0) is 22.7. The predicted octanol–water partition coefficient (Wildman–Crippen LogP) is 5.20. The molecule has 5 rings (SSSR count). The standard InChI is InChI=1S/C23H16ClN3O4S/c1-11-6-17-19(7-12(11)2)26-22(28)21(32-23(26)25-17)9-14-4-5-20(31-14)15-10-16(24)13(3)8-18(15)27(29)30/h4-10H,1-3H3. The summed E-state index contributed by atoms with van der Waals surface area (Å²) in [5.41, 5.74) is 4.38. The van der Waals surface area contributed by atoms with Crippen molar-refractivity contribution in [2.75, 3.05) is 0 Å². The van der Waals surface area contributed by atoms with Gasteiger partial charge in [-0.15, -0.1) is 0 Å². The number of rotatable bonds is 3. The van der Waals surface area contributed by atoms with E-state index in [0.29, 0.717) is 31.6 Å². The summed E-state index contributed by atoms with van der Waals surface area (Å²) in [7, 11) is 0. The van der Waals surface area contributed by atoms with Crippen LogP contribution in [-0.4, -0.2) is 14.3 Å². The molecule has 0 aliphatic rings. The molecule has 0 radical (unpaired) electrons. The Morgan fingerprint density at radius 1 is 1.12 bits per heavy atom. The Balaban J connectivity index is 1.63. The van der Waals surface area contributed by atoms with Crippen molar-refractivity contribution in [1.29, 1.82) is 0 Å². The Labute approximate surface area is 190 Å². The second kappa shape index (κ2) is 7.29. The minimum Gasteiger partial charge on any atom is -0.456 e. The number of nitro benzene ring substituents is 1. The number of thiazole rings is 1. The minimum atomic E-state index is -0.469. The molecule has 3 aromatic heterocycles. The molecule has 160 valence electrons. The van der Waals surface area contributed by atoms with Crippen LogP contribution in [0.3, 0.4) is 0 Å². The van der Waals surface area contributed by atoms with Gasteiger partial charge in [0.05, 0.1) is 21.5 Å². The van der Waals surface area contributed by atoms with Crippen molar-refractivity contribution in [2.24, 2.45) is 0 Å². The van der Waals surface area contributed by atoms with Crippen molar-refractivity contribution in [3.63, 3.8) is 0 Å². The minimum absolute atomic E-state index is 0.0935. The van der Waals surface area contributed by atoms with Gasteiger partial charge >= 0.3 is 0 Å². The lowest BCUT2D eigenvalue weighted by molar-refractivity contribution is -0.384. The fourth-order valence-corrected chi connectivity index (χ4v) is 4.77. The second-order valence-electron chi connectivity index (χ2n) is 7.65. The molecular formula is C23H16ClN3O4S. The Morgan fingerprint density at radius 3 is 2.62 bits per heavy atom. The fourth-order valence-electron chi connectivity index (χ4n) is 3.64. The van der Waals surface area contributed by atoms with Crippen molar-refractivity contribution < 1.29 is 9.34 Å². The van der Waals surface area contributed by atoms with Gasteiger partial charge in [-0.2, -0.15) is 0 Å². The summed E-state index contributed by atoms with van der Waals surface area (Å²) in [5.74, 6) is 0.708. The molecule has 3 heterocycles. The average molecular weight is 466 g/mol. The number of nitro groups is 1. The Bertz CT molecular complexity index is 1680. The summed E-state index contributed by atoms with van der Waals surface area (Å²) < 4.78 is 7.90. The molecule has 0 saturated carbocycles. The van der Waals surface area contributed by atoms with E-state index < -0.39 is 4.92 Å². The molecule has 0 saturated heterocycles. The smallest absolute Gasteiger partial charge is 0.280 e. The highest BCUT2D eigenvalue weighted by molar-refractivity contribution is 7.15. The molecule has 2 aromatic carbocycles. The van der Waals surface area contributed by atoms with Crippen molar-refractivity contribution in [3.8, 4) is 11.3 Å². The normalized spacial score (nSPS) is 12.3. The molecule has 0 bridgehead atoms. The van der Waals surface area contributed by atoms with Crippen molar-refractivity contribution in [3.05, 3.63) is 88.9 Å². The van der Waals surface area contributed by atoms with E-state index in [4.69, 9.17) is 16.0 Å². The summed E-state index contributed by atoms with van der Waals surface area (Å²) in [6.45, 7) is 5.72. The lowest BCUT2D eigenvalue weighted by Crippen LogP contribution is -2.22. The number of benzene rings is 2. The number of fused-ring (bicyclic) bond motifs is 3. The lowest BCUT2D eigenvalue weighted by atomic mass is 10.1. The number of furan rings is 1. The largest absolute Gasteiger partial charge is 0.456 e. The summed E-state index contributed by atoms with van der Waals surface area (Å²) in [4.78, 5) is 29.3. The molecule has 0 N–H and O–H groups in total. The third-order valence-electron chi connectivity index (χ3n) is 5.49. The van der Waals surface area contributed by atoms with Gasteiger partial charge in [0.25, 0.3) is 11.2 Å². The molecule has 0 spiro atoms. The third-order valence-corrected chi connectivity index (χ3v) is 6.87. The van der Waals surface area contributed by atoms with Crippen LogP contribution >= 0.6 is 22.9 Å². The van der Waals surface area contributed by atoms with Gasteiger partial charge in [-0.3, -0.25) is 14.9 Å². The van der Waals surface area contributed by atoms with Gasteiger partial charge in [0.15, 0.2) is 4.96 Å². The van der Waals surface area contributed by atoms with Crippen molar-refractivity contribution in [2.45, 2.75) is 20.8 Å². The van der Waals surface area contributed by atoms with Crippen LogP contribution in [0, 0.1) is 30.9 Å². The molecule has 32 heavy (non-hydrogen) atoms. The highest BCUT2D eigenvalue weighted by atomic mass is 35.5. The third kappa shape index (κ3) is 3.19. The van der Waals surface area contributed by atoms with E-state index in [9.17, 15) is 14.9 Å². The van der Waals surface area contributed by atoms with E-state index in [1.807, 2.05) is 26.0 Å². The Hall–Kier alpha value is -3.49. The molecule has 0 fully saturated rings. The summed E-state index contributed by atoms with van der Waals surface area (Å²) in [6, 6.07) is 10.2. The molecule has 0 unspecified atom stereocenters. The summed E-state index contributed by atoms with van der Waals surface area (Å²) in [5, 5.41) is 11.9. The number of aromatic nitrogens is 2. The summed E-state index contributed by atoms with van der Waals surface area (Å²) in [6.07, 6.45) is 1.62. The van der Waals surface area contributed by atoms with Crippen LogP contribution < -0.4 is 10.1 Å². The Kier molecular flexibility index (Phi) is 4.65. The summed E-state index contributed by atoms with van der Waals surface area (Å²) >= 11 is 7.45. The molecular weight excluding hydrogens is 450 g/mol. The van der Waals surface area contributed by atoms with Gasteiger partial charge in [0.2, 0.25) is 0 Å². The first-order chi connectivity index (χ1) is 15.2. The topological polar surface area (TPSA) is 90.7 Å². The van der Waals surface area contributed by atoms with Crippen LogP contribution in [0.4, 0.5) is 5.69 Å². The van der Waals surface area contributed by atoms with Crippen LogP contribution in [0.5, 0.6) is 0 Å². The molecule has 0 amide bonds. The van der Waals surface area contributed by atoms with E-state index in [2.05, 4.69) is 4.98 Å². The first kappa shape index (κ1) is 20.4. The molecule has 7 nitrogen and oxygen atoms in total. The maximum atomic E-state index is 13.1. The SMILES string of the molecule is Cc1cc2nc3sc(=Cc4ccc(-c5cc(Cl)c(C)cc5[N+](=O)[O-])o4)c(=O)n3c2cc1C. The van der Waals surface area contributed by atoms with Gasteiger partial charge in [-0.05, 0) is 67.8 Å². The maximum absolute atomic E-state index is 13.1. The molecule has 5 aromatic rings. The van der Waals surface area contributed by atoms with Gasteiger partial charge < -0.3 is 4.42 Å². The van der Waals surface area contributed by atoms with Gasteiger partial charge in [-0.25, -0.2) is 9.38 Å². The van der Waals surface area contributed by atoms with Gasteiger partial charge in [-0.1, -0.05) is 22.9 Å². The predicted molar refractivity (Wildman–Crippen MR) is 126 cm³/mol. The molecule has 0 aliphatic carbocycles. The fraction of sp³-hybridized carbons (Fsp3) is 0.130. The van der Waals surface area contributed by atoms with Gasteiger partial charge in [0, 0.05) is 17.2 Å². The number of halogens is 1. The van der Waals surface area contributed by atoms with Crippen LogP contribution in [0.15, 0.2) is 45.6 Å². The number of hydrogen-bond donors (Lipinski definition) is 0. The quantitative estimate of drug-likeness (QED) is 0.269. The highest BCUT2D eigenvalue weighted by Gasteiger charge is 2.20. The monoisotopic (exact) mass is 465 g/mol. The van der Waals surface area contributed by atoms with Crippen LogP contribution in [0.25, 0.3) is 33.4 Å². The first-order valence-corrected chi connectivity index (χ1v) is 10.9. The van der Waals surface area contributed by atoms with Crippen LogP contribution in [0.1, 0.15) is 22.5 Å². The second-order valence-corrected chi connectivity index (χ2v) is 9.06. The van der Waals surface area contributed by atoms with Crippen LogP contribution in [-0.2, 0) is 0 Å². The molecule has 0 atom stereocenters. The number of hydrogen-bond acceptors (Lipinski definition) is 6. The van der Waals surface area contributed by atoms with E-state index in [1.54, 1.807) is 29.5 Å². The number of nitrogens with zero attached hydrogens (tertiary/aromatic N) is 3. The van der Waals surface area contributed by atoms with E-state index in [-0.39, 0.29) is 16.8 Å². The maximum Gasteiger partial charge on any atom is 0.280 e. The van der Waals surface area contributed by atoms with E-state index >= 15 is 0 Å². The van der Waals surface area contributed by atoms with Crippen molar-refractivity contribution >= 4 is 50.7 Å². The first-order valence-electron chi connectivity index (χ1n) is 9.71. The van der Waals surface area contributed by atoms with E-state index in [1.165, 1.54) is 23.5 Å². The Morgan fingerprint density at radius 2 is 1.88 bits per heavy atom.